The maximum Gasteiger partial charge on any atom is 0.362 e. The molecular weight excluding hydrogens is 378 g/mol. The van der Waals surface area contributed by atoms with Crippen molar-refractivity contribution in [3.05, 3.63) is 94.5 Å². The summed E-state index contributed by atoms with van der Waals surface area (Å²) < 4.78 is 0. The van der Waals surface area contributed by atoms with Crippen LogP contribution in [0, 0.1) is 6.92 Å². The summed E-state index contributed by atoms with van der Waals surface area (Å²) in [5, 5.41) is 7.89. The van der Waals surface area contributed by atoms with Gasteiger partial charge in [0, 0.05) is 0 Å². The number of amides is 1. The second kappa shape index (κ2) is 8.92. The van der Waals surface area contributed by atoms with Crippen LogP contribution in [0.15, 0.2) is 83.0 Å². The number of nitrogens with zero attached hydrogens (tertiary/aromatic N) is 2. The lowest BCUT2D eigenvalue weighted by Crippen LogP contribution is -2.10. The number of benzene rings is 3. The van der Waals surface area contributed by atoms with Crippen LogP contribution in [0.25, 0.3) is 0 Å². The van der Waals surface area contributed by atoms with Crippen molar-refractivity contribution in [2.45, 2.75) is 6.92 Å². The van der Waals surface area contributed by atoms with Gasteiger partial charge in [-0.05, 0) is 55.5 Å². The fourth-order valence-electron chi connectivity index (χ4n) is 2.24. The Hall–Kier alpha value is -3.51. The number of hydrogen-bond donors (Lipinski definition) is 1. The van der Waals surface area contributed by atoms with Gasteiger partial charge in [-0.25, -0.2) is 10.3 Å². The van der Waals surface area contributed by atoms with Gasteiger partial charge in [0.15, 0.2) is 0 Å². The van der Waals surface area contributed by atoms with E-state index in [4.69, 9.17) is 16.4 Å². The van der Waals surface area contributed by atoms with E-state index in [2.05, 4.69) is 15.7 Å². The van der Waals surface area contributed by atoms with Crippen molar-refractivity contribution >= 4 is 34.9 Å². The second-order valence-electron chi connectivity index (χ2n) is 5.89. The molecule has 0 saturated heterocycles. The number of anilines is 1. The Morgan fingerprint density at radius 1 is 0.929 bits per heavy atom. The lowest BCUT2D eigenvalue weighted by molar-refractivity contribution is 0.0596. The molecule has 1 amide bonds. The zero-order valence-corrected chi connectivity index (χ0v) is 15.7. The maximum atomic E-state index is 12.0. The smallest absolute Gasteiger partial charge is 0.338 e. The first-order chi connectivity index (χ1) is 13.5. The van der Waals surface area contributed by atoms with Crippen LogP contribution in [0.5, 0.6) is 0 Å². The summed E-state index contributed by atoms with van der Waals surface area (Å²) in [5.74, 6) is -1.02. The van der Waals surface area contributed by atoms with Crippen molar-refractivity contribution in [3.63, 3.8) is 0 Å². The average Bonchev–Trinajstić information content (AvgIpc) is 2.72. The number of halogens is 1. The molecule has 0 unspecified atom stereocenters. The Kier molecular flexibility index (Phi) is 6.14. The summed E-state index contributed by atoms with van der Waals surface area (Å²) in [6.07, 6.45) is 0. The van der Waals surface area contributed by atoms with Crippen LogP contribution in [0.1, 0.15) is 26.3 Å². The van der Waals surface area contributed by atoms with Crippen molar-refractivity contribution < 1.29 is 14.4 Å². The Morgan fingerprint density at radius 3 is 2.29 bits per heavy atom. The summed E-state index contributed by atoms with van der Waals surface area (Å²) in [7, 11) is 0. The van der Waals surface area contributed by atoms with E-state index in [0.29, 0.717) is 22.0 Å². The molecule has 0 aliphatic carbocycles. The highest BCUT2D eigenvalue weighted by Gasteiger charge is 2.09. The first kappa shape index (κ1) is 19.3. The van der Waals surface area contributed by atoms with E-state index in [0.717, 1.165) is 5.56 Å². The minimum atomic E-state index is -0.528. The van der Waals surface area contributed by atoms with Crippen LogP contribution in [-0.4, -0.2) is 11.9 Å². The van der Waals surface area contributed by atoms with E-state index >= 15 is 0 Å². The lowest BCUT2D eigenvalue weighted by atomic mass is 10.2. The standard InChI is InChI=1S/C21H16ClN3O3/c1-14-6-8-15(9-7-14)21(27)28-25-17-12-10-16(11-13-17)23-24-20(26)18-4-2-3-5-19(18)22/h2-13,25H,1H3. The molecule has 3 aromatic carbocycles. The molecule has 0 saturated carbocycles. The number of aryl methyl sites for hydroxylation is 1. The molecule has 0 aromatic heterocycles. The fourth-order valence-corrected chi connectivity index (χ4v) is 2.46. The summed E-state index contributed by atoms with van der Waals surface area (Å²) in [6.45, 7) is 1.94. The van der Waals surface area contributed by atoms with Gasteiger partial charge >= 0.3 is 5.97 Å². The molecule has 7 heteroatoms. The third kappa shape index (κ3) is 5.02. The van der Waals surface area contributed by atoms with E-state index in [1.54, 1.807) is 60.7 Å². The third-order valence-electron chi connectivity index (χ3n) is 3.78. The van der Waals surface area contributed by atoms with Crippen molar-refractivity contribution in [2.24, 2.45) is 10.2 Å². The number of rotatable bonds is 5. The molecule has 0 bridgehead atoms. The van der Waals surface area contributed by atoms with Crippen molar-refractivity contribution in [1.29, 1.82) is 0 Å². The Balaban J connectivity index is 1.57. The fraction of sp³-hybridized carbons (Fsp3) is 0.0476. The highest BCUT2D eigenvalue weighted by molar-refractivity contribution is 6.33. The molecule has 28 heavy (non-hydrogen) atoms. The monoisotopic (exact) mass is 393 g/mol. The molecule has 0 heterocycles. The Bertz CT molecular complexity index is 1020. The highest BCUT2D eigenvalue weighted by Crippen LogP contribution is 2.20. The van der Waals surface area contributed by atoms with Gasteiger partial charge in [0.25, 0.3) is 5.91 Å². The predicted octanol–water partition coefficient (Wildman–Crippen LogP) is 5.76. The van der Waals surface area contributed by atoms with Crippen LogP contribution >= 0.6 is 11.6 Å². The molecular formula is C21H16ClN3O3. The zero-order valence-electron chi connectivity index (χ0n) is 14.9. The molecule has 0 aliphatic heterocycles. The third-order valence-corrected chi connectivity index (χ3v) is 4.11. The molecule has 1 N–H and O–H groups in total. The maximum absolute atomic E-state index is 12.0. The average molecular weight is 394 g/mol. The van der Waals surface area contributed by atoms with Gasteiger partial charge in [-0.3, -0.25) is 4.79 Å². The molecule has 140 valence electrons. The van der Waals surface area contributed by atoms with Gasteiger partial charge in [0.2, 0.25) is 0 Å². The lowest BCUT2D eigenvalue weighted by Gasteiger charge is -2.07. The minimum absolute atomic E-state index is 0.286. The molecule has 0 atom stereocenters. The van der Waals surface area contributed by atoms with E-state index in [1.165, 1.54) is 0 Å². The molecule has 3 aromatic rings. The molecule has 0 radical (unpaired) electrons. The molecule has 0 aliphatic rings. The van der Waals surface area contributed by atoms with Gasteiger partial charge in [0.1, 0.15) is 0 Å². The van der Waals surface area contributed by atoms with Crippen molar-refractivity contribution in [2.75, 3.05) is 5.48 Å². The SMILES string of the molecule is Cc1ccc(C(=O)ONc2ccc(N=NC(=O)c3ccccc3Cl)cc2)cc1. The number of carbonyl (C=O) groups excluding carboxylic acids is 2. The number of nitrogens with one attached hydrogen (secondary N) is 1. The summed E-state index contributed by atoms with van der Waals surface area (Å²) in [5.41, 5.74) is 5.39. The van der Waals surface area contributed by atoms with Crippen LogP contribution in [0.3, 0.4) is 0 Å². The van der Waals surface area contributed by atoms with E-state index in [-0.39, 0.29) is 5.56 Å². The first-order valence-corrected chi connectivity index (χ1v) is 8.75. The molecule has 0 fully saturated rings. The van der Waals surface area contributed by atoms with E-state index in [1.807, 2.05) is 19.1 Å². The normalized spacial score (nSPS) is 10.6. The number of azo groups is 1. The minimum Gasteiger partial charge on any atom is -0.338 e. The topological polar surface area (TPSA) is 80.1 Å². The van der Waals surface area contributed by atoms with Crippen LogP contribution in [0.2, 0.25) is 5.02 Å². The number of carbonyl (C=O) groups is 2. The van der Waals surface area contributed by atoms with Gasteiger partial charge < -0.3 is 4.84 Å². The van der Waals surface area contributed by atoms with Crippen LogP contribution in [-0.2, 0) is 4.84 Å². The highest BCUT2D eigenvalue weighted by atomic mass is 35.5. The molecule has 0 spiro atoms. The summed E-state index contributed by atoms with van der Waals surface area (Å²) >= 11 is 5.96. The van der Waals surface area contributed by atoms with Gasteiger partial charge in [-0.2, -0.15) is 0 Å². The van der Waals surface area contributed by atoms with Gasteiger partial charge in [-0.15, -0.1) is 10.2 Å². The predicted molar refractivity (Wildman–Crippen MR) is 107 cm³/mol. The molecule has 6 nitrogen and oxygen atoms in total. The van der Waals surface area contributed by atoms with Gasteiger partial charge in [0.05, 0.1) is 27.5 Å². The summed E-state index contributed by atoms with van der Waals surface area (Å²) in [4.78, 5) is 29.0. The van der Waals surface area contributed by atoms with Gasteiger partial charge in [-0.1, -0.05) is 41.4 Å². The van der Waals surface area contributed by atoms with Crippen molar-refractivity contribution in [1.82, 2.24) is 0 Å². The largest absolute Gasteiger partial charge is 0.362 e. The van der Waals surface area contributed by atoms with E-state index < -0.39 is 11.9 Å². The zero-order chi connectivity index (χ0) is 19.9. The first-order valence-electron chi connectivity index (χ1n) is 8.37. The summed E-state index contributed by atoms with van der Waals surface area (Å²) in [6, 6.07) is 20.2. The molecule has 3 rings (SSSR count). The second-order valence-corrected chi connectivity index (χ2v) is 6.30. The Labute approximate surface area is 166 Å². The Morgan fingerprint density at radius 2 is 1.61 bits per heavy atom. The van der Waals surface area contributed by atoms with Crippen LogP contribution < -0.4 is 5.48 Å². The number of hydrogen-bond acceptors (Lipinski definition) is 5. The van der Waals surface area contributed by atoms with Crippen LogP contribution in [0.4, 0.5) is 11.4 Å². The van der Waals surface area contributed by atoms with Crippen molar-refractivity contribution in [3.8, 4) is 0 Å². The van der Waals surface area contributed by atoms with E-state index in [9.17, 15) is 9.59 Å². The quantitative estimate of drug-likeness (QED) is 0.441.